The van der Waals surface area contributed by atoms with Crippen molar-refractivity contribution < 1.29 is 9.13 Å². The Hall–Kier alpha value is -4.43. The second kappa shape index (κ2) is 9.21. The highest BCUT2D eigenvalue weighted by atomic mass is 35.5. The van der Waals surface area contributed by atoms with Gasteiger partial charge in [-0.15, -0.1) is 0 Å². The molecule has 0 aliphatic rings. The number of nitrogen functional groups attached to an aromatic ring is 2. The van der Waals surface area contributed by atoms with Crippen LogP contribution in [0.1, 0.15) is 11.4 Å². The van der Waals surface area contributed by atoms with Gasteiger partial charge in [0.25, 0.3) is 5.56 Å². The molecule has 0 unspecified atom stereocenters. The summed E-state index contributed by atoms with van der Waals surface area (Å²) in [6.07, 6.45) is 0.186. The summed E-state index contributed by atoms with van der Waals surface area (Å²) in [4.78, 5) is 25.8. The maximum atomic E-state index is 14.3. The summed E-state index contributed by atoms with van der Waals surface area (Å²) in [5.74, 6) is -0.0435. The Morgan fingerprint density at radius 3 is 2.76 bits per heavy atom. The number of fused-ring (bicyclic) bond motifs is 1. The molecule has 4 rings (SSSR count). The minimum Gasteiger partial charge on any atom is -0.497 e. The van der Waals surface area contributed by atoms with Gasteiger partial charge in [0, 0.05) is 25.1 Å². The predicted octanol–water partition coefficient (Wildman–Crippen LogP) is 2.67. The second-order valence-electron chi connectivity index (χ2n) is 7.13. The number of aromatic nitrogens is 4. The van der Waals surface area contributed by atoms with Gasteiger partial charge in [-0.2, -0.15) is 15.2 Å². The van der Waals surface area contributed by atoms with Crippen molar-refractivity contribution >= 4 is 40.1 Å². The summed E-state index contributed by atoms with van der Waals surface area (Å²) in [6, 6.07) is 10.8. The van der Waals surface area contributed by atoms with E-state index in [1.807, 2.05) is 6.07 Å². The fourth-order valence-corrected chi connectivity index (χ4v) is 3.74. The normalized spacial score (nSPS) is 10.8. The third-order valence-electron chi connectivity index (χ3n) is 4.97. The Labute approximate surface area is 197 Å². The third-order valence-corrected chi connectivity index (χ3v) is 5.29. The van der Waals surface area contributed by atoms with Crippen LogP contribution in [0.5, 0.6) is 5.75 Å². The molecule has 2 aromatic heterocycles. The van der Waals surface area contributed by atoms with Crippen molar-refractivity contribution in [1.29, 1.82) is 5.26 Å². The zero-order chi connectivity index (χ0) is 24.4. The molecule has 0 spiro atoms. The molecular formula is C22H18ClFN8O2. The molecule has 0 saturated carbocycles. The Morgan fingerprint density at radius 1 is 1.24 bits per heavy atom. The largest absolute Gasteiger partial charge is 0.497 e. The van der Waals surface area contributed by atoms with Crippen molar-refractivity contribution in [2.75, 3.05) is 30.4 Å². The number of nitriles is 1. The number of hydrogen-bond donors (Lipinski definition) is 3. The monoisotopic (exact) mass is 480 g/mol. The minimum absolute atomic E-state index is 0.0414. The number of nitrogens with one attached hydrogen (secondary N) is 1. The van der Waals surface area contributed by atoms with Crippen LogP contribution in [-0.4, -0.2) is 33.2 Å². The van der Waals surface area contributed by atoms with E-state index in [1.54, 1.807) is 18.2 Å². The van der Waals surface area contributed by atoms with Crippen molar-refractivity contribution in [2.45, 2.75) is 6.42 Å². The first kappa shape index (κ1) is 22.8. The summed E-state index contributed by atoms with van der Waals surface area (Å²) >= 11 is 6.28. The van der Waals surface area contributed by atoms with Crippen LogP contribution in [0, 0.1) is 17.1 Å². The minimum atomic E-state index is -0.588. The molecule has 0 aliphatic carbocycles. The molecule has 2 aromatic carbocycles. The molecular weight excluding hydrogens is 463 g/mol. The Kier molecular flexibility index (Phi) is 6.16. The first-order valence-electron chi connectivity index (χ1n) is 9.94. The molecule has 12 heteroatoms. The van der Waals surface area contributed by atoms with Crippen molar-refractivity contribution in [2.24, 2.45) is 0 Å². The maximum Gasteiger partial charge on any atom is 0.267 e. The van der Waals surface area contributed by atoms with Gasteiger partial charge in [-0.05, 0) is 18.2 Å². The van der Waals surface area contributed by atoms with E-state index in [-0.39, 0.29) is 58.0 Å². The number of halogens is 2. The molecule has 0 atom stereocenters. The standard InChI is InChI=1S/C22H18ClFN8O2/c1-34-13-8-11(24)7-12(9-13)32-17(29-16-4-2-3-15(23)18(16)21(32)33)5-6-28-20-14(10-25)19(26)30-22(27)31-20/h2-4,7-9H,5-6H2,1H3,(H5,26,27,28,30,31). The van der Waals surface area contributed by atoms with E-state index in [0.717, 1.165) is 0 Å². The summed E-state index contributed by atoms with van der Waals surface area (Å²) in [5, 5.41) is 12.7. The maximum absolute atomic E-state index is 14.3. The number of nitrogens with zero attached hydrogens (tertiary/aromatic N) is 5. The highest BCUT2D eigenvalue weighted by molar-refractivity contribution is 6.35. The average Bonchev–Trinajstić information content (AvgIpc) is 2.78. The summed E-state index contributed by atoms with van der Waals surface area (Å²) < 4.78 is 20.7. The van der Waals surface area contributed by atoms with Crippen LogP contribution in [0.2, 0.25) is 5.02 Å². The zero-order valence-corrected chi connectivity index (χ0v) is 18.6. The molecule has 172 valence electrons. The lowest BCUT2D eigenvalue weighted by atomic mass is 10.2. The number of rotatable bonds is 6. The van der Waals surface area contributed by atoms with Gasteiger partial charge >= 0.3 is 0 Å². The van der Waals surface area contributed by atoms with Gasteiger partial charge in [-0.3, -0.25) is 9.36 Å². The van der Waals surface area contributed by atoms with Crippen molar-refractivity contribution in [3.8, 4) is 17.5 Å². The molecule has 0 radical (unpaired) electrons. The highest BCUT2D eigenvalue weighted by Crippen LogP contribution is 2.24. The average molecular weight is 481 g/mol. The van der Waals surface area contributed by atoms with Crippen LogP contribution in [0.3, 0.4) is 0 Å². The van der Waals surface area contributed by atoms with E-state index in [1.165, 1.54) is 29.9 Å². The van der Waals surface area contributed by atoms with Gasteiger partial charge < -0.3 is 21.5 Å². The number of anilines is 3. The van der Waals surface area contributed by atoms with E-state index < -0.39 is 11.4 Å². The van der Waals surface area contributed by atoms with Crippen molar-refractivity contribution in [3.05, 3.63) is 69.0 Å². The molecule has 5 N–H and O–H groups in total. The highest BCUT2D eigenvalue weighted by Gasteiger charge is 2.17. The van der Waals surface area contributed by atoms with Gasteiger partial charge in [0.1, 0.15) is 34.8 Å². The van der Waals surface area contributed by atoms with Gasteiger partial charge in [-0.1, -0.05) is 17.7 Å². The topological polar surface area (TPSA) is 158 Å². The Balaban J connectivity index is 1.80. The molecule has 10 nitrogen and oxygen atoms in total. The lowest BCUT2D eigenvalue weighted by Gasteiger charge is -2.16. The van der Waals surface area contributed by atoms with Gasteiger partial charge in [0.15, 0.2) is 5.82 Å². The van der Waals surface area contributed by atoms with Gasteiger partial charge in [0.2, 0.25) is 5.95 Å². The Bertz CT molecular complexity index is 1520. The smallest absolute Gasteiger partial charge is 0.267 e. The van der Waals surface area contributed by atoms with Gasteiger partial charge in [-0.25, -0.2) is 9.37 Å². The number of methoxy groups -OCH3 is 1. The summed E-state index contributed by atoms with van der Waals surface area (Å²) in [7, 11) is 1.40. The van der Waals surface area contributed by atoms with E-state index in [4.69, 9.17) is 27.8 Å². The fourth-order valence-electron chi connectivity index (χ4n) is 3.49. The second-order valence-corrected chi connectivity index (χ2v) is 7.54. The number of benzene rings is 2. The molecule has 0 bridgehead atoms. The lowest BCUT2D eigenvalue weighted by molar-refractivity contribution is 0.411. The van der Waals surface area contributed by atoms with Crippen LogP contribution in [0.15, 0.2) is 41.2 Å². The van der Waals surface area contributed by atoms with Crippen molar-refractivity contribution in [1.82, 2.24) is 19.5 Å². The zero-order valence-electron chi connectivity index (χ0n) is 17.8. The van der Waals surface area contributed by atoms with Crippen LogP contribution in [-0.2, 0) is 6.42 Å². The van der Waals surface area contributed by atoms with E-state index in [9.17, 15) is 14.4 Å². The van der Waals surface area contributed by atoms with Crippen LogP contribution >= 0.6 is 11.6 Å². The van der Waals surface area contributed by atoms with Crippen LogP contribution < -0.4 is 27.1 Å². The van der Waals surface area contributed by atoms with E-state index in [0.29, 0.717) is 11.3 Å². The Morgan fingerprint density at radius 2 is 2.03 bits per heavy atom. The lowest BCUT2D eigenvalue weighted by Crippen LogP contribution is -2.26. The molecule has 0 aliphatic heterocycles. The van der Waals surface area contributed by atoms with Crippen LogP contribution in [0.4, 0.5) is 22.0 Å². The SMILES string of the molecule is COc1cc(F)cc(-n2c(CCNc3nc(N)nc(N)c3C#N)nc3cccc(Cl)c3c2=O)c1. The van der Waals surface area contributed by atoms with E-state index in [2.05, 4.69) is 20.3 Å². The third kappa shape index (κ3) is 4.26. The fraction of sp³-hybridized carbons (Fsp3) is 0.136. The number of hydrogen-bond acceptors (Lipinski definition) is 9. The van der Waals surface area contributed by atoms with Crippen molar-refractivity contribution in [3.63, 3.8) is 0 Å². The van der Waals surface area contributed by atoms with Crippen LogP contribution in [0.25, 0.3) is 16.6 Å². The predicted molar refractivity (Wildman–Crippen MR) is 127 cm³/mol. The molecule has 0 saturated heterocycles. The van der Waals surface area contributed by atoms with Gasteiger partial charge in [0.05, 0.1) is 28.7 Å². The quantitative estimate of drug-likeness (QED) is 0.377. The summed E-state index contributed by atoms with van der Waals surface area (Å²) in [6.45, 7) is 0.190. The molecule has 0 amide bonds. The summed E-state index contributed by atoms with van der Waals surface area (Å²) in [5.41, 5.74) is 11.6. The first-order chi connectivity index (χ1) is 16.3. The van der Waals surface area contributed by atoms with E-state index >= 15 is 0 Å². The molecule has 0 fully saturated rings. The molecule has 2 heterocycles. The number of ether oxygens (including phenoxy) is 1. The number of nitrogens with two attached hydrogens (primary N) is 2. The molecule has 34 heavy (non-hydrogen) atoms. The first-order valence-corrected chi connectivity index (χ1v) is 10.3. The molecule has 4 aromatic rings.